The summed E-state index contributed by atoms with van der Waals surface area (Å²) in [4.78, 5) is 114. The number of primary amides is 2. The Morgan fingerprint density at radius 2 is 1.31 bits per heavy atom. The van der Waals surface area contributed by atoms with Crippen LogP contribution in [-0.4, -0.2) is 101 Å². The van der Waals surface area contributed by atoms with Gasteiger partial charge in [-0.2, -0.15) is 0 Å². The minimum absolute atomic E-state index is 0.0273. The zero-order valence-corrected chi connectivity index (χ0v) is 34.7. The van der Waals surface area contributed by atoms with Crippen LogP contribution in [-0.2, 0) is 51.2 Å². The Morgan fingerprint density at radius 1 is 0.694 bits per heavy atom. The standard InChI is InChI=1S/C42H58N12O8/c1-24-16-17-35(56)47-18-8-7-14-29(36(44)57)50-40(61)32(21-26-23-49-28-13-6-5-12-27(26)28)54-38(59)30(15-9-19-48-42(45)46)51-39(60)31(20-25-10-3-2-4-11-25)53-41(62)33(22-34(43)55)52-37(24)58/h2-6,10-13,23-24,29-33,49H,7-9,14-22H2,1H3,(H2,43,55)(H2,44,57)(H,47,56)(H,50,61)(H,51,60)(H,52,58)(H,53,62)(H,54,59)(H4,45,46,48)/t24-,29-,30-,31+,32-,33-/m0/s1. The number of hydrogen-bond acceptors (Lipinski definition) is 9. The molecule has 1 aliphatic heterocycles. The molecule has 0 saturated carbocycles. The Hall–Kier alpha value is -6.99. The van der Waals surface area contributed by atoms with Crippen LogP contribution >= 0.6 is 0 Å². The van der Waals surface area contributed by atoms with E-state index in [0.29, 0.717) is 24.0 Å². The van der Waals surface area contributed by atoms with Gasteiger partial charge in [0.15, 0.2) is 5.96 Å². The molecule has 4 rings (SSSR count). The molecule has 0 aliphatic carbocycles. The average molecular weight is 859 g/mol. The number of nitrogens with zero attached hydrogens (tertiary/aromatic N) is 1. The van der Waals surface area contributed by atoms with E-state index >= 15 is 0 Å². The lowest BCUT2D eigenvalue weighted by Gasteiger charge is -2.27. The monoisotopic (exact) mass is 858 g/mol. The molecule has 0 unspecified atom stereocenters. The van der Waals surface area contributed by atoms with Crippen LogP contribution in [0.15, 0.2) is 65.8 Å². The van der Waals surface area contributed by atoms with Gasteiger partial charge in [0.1, 0.15) is 30.2 Å². The van der Waals surface area contributed by atoms with Crippen molar-refractivity contribution in [3.63, 3.8) is 0 Å². The van der Waals surface area contributed by atoms with Crippen LogP contribution in [0.2, 0.25) is 0 Å². The van der Waals surface area contributed by atoms with Crippen LogP contribution in [0, 0.1) is 5.92 Å². The number of aliphatic imine (C=N–C) groups is 1. The van der Waals surface area contributed by atoms with Crippen molar-refractivity contribution >= 4 is 64.1 Å². The second-order valence-electron chi connectivity index (χ2n) is 15.4. The van der Waals surface area contributed by atoms with Crippen molar-refractivity contribution in [2.75, 3.05) is 13.1 Å². The molecule has 334 valence electrons. The summed E-state index contributed by atoms with van der Waals surface area (Å²) in [7, 11) is 0. The molecule has 3 aromatic rings. The fourth-order valence-corrected chi connectivity index (χ4v) is 6.93. The Labute approximate surface area is 358 Å². The van der Waals surface area contributed by atoms with Crippen molar-refractivity contribution in [2.24, 2.45) is 33.8 Å². The van der Waals surface area contributed by atoms with Crippen LogP contribution in [0.4, 0.5) is 0 Å². The lowest BCUT2D eigenvalue weighted by Crippen LogP contribution is -2.60. The first-order valence-corrected chi connectivity index (χ1v) is 20.6. The van der Waals surface area contributed by atoms with Gasteiger partial charge in [0.25, 0.3) is 0 Å². The number of para-hydroxylation sites is 1. The molecule has 2 heterocycles. The minimum Gasteiger partial charge on any atom is -0.370 e. The van der Waals surface area contributed by atoms with Crippen LogP contribution in [0.25, 0.3) is 10.9 Å². The number of aromatic amines is 1. The Morgan fingerprint density at radius 3 is 2.00 bits per heavy atom. The van der Waals surface area contributed by atoms with E-state index in [4.69, 9.17) is 22.9 Å². The third kappa shape index (κ3) is 15.2. The molecule has 62 heavy (non-hydrogen) atoms. The van der Waals surface area contributed by atoms with Crippen molar-refractivity contribution in [3.05, 3.63) is 71.9 Å². The first kappa shape index (κ1) is 47.7. The number of H-pyrrole nitrogens is 1. The number of guanidine groups is 1. The van der Waals surface area contributed by atoms with Crippen molar-refractivity contribution in [1.82, 2.24) is 36.9 Å². The van der Waals surface area contributed by atoms with Gasteiger partial charge in [0.2, 0.25) is 47.3 Å². The number of hydrogen-bond donors (Lipinski definition) is 11. The van der Waals surface area contributed by atoms with E-state index in [1.54, 1.807) is 43.5 Å². The van der Waals surface area contributed by atoms with Gasteiger partial charge in [-0.1, -0.05) is 55.5 Å². The largest absolute Gasteiger partial charge is 0.370 e. The van der Waals surface area contributed by atoms with Gasteiger partial charge in [-0.05, 0) is 55.7 Å². The number of nitrogens with two attached hydrogens (primary N) is 4. The highest BCUT2D eigenvalue weighted by Gasteiger charge is 2.34. The lowest BCUT2D eigenvalue weighted by atomic mass is 10.0. The van der Waals surface area contributed by atoms with E-state index in [1.807, 2.05) is 24.3 Å². The number of benzene rings is 2. The zero-order chi connectivity index (χ0) is 45.2. The van der Waals surface area contributed by atoms with E-state index in [1.165, 1.54) is 0 Å². The molecule has 1 aliphatic rings. The molecule has 20 nitrogen and oxygen atoms in total. The smallest absolute Gasteiger partial charge is 0.243 e. The first-order valence-electron chi connectivity index (χ1n) is 20.6. The fourth-order valence-electron chi connectivity index (χ4n) is 6.93. The highest BCUT2D eigenvalue weighted by molar-refractivity contribution is 5.98. The van der Waals surface area contributed by atoms with E-state index in [2.05, 4.69) is 41.9 Å². The molecule has 1 saturated heterocycles. The molecule has 15 N–H and O–H groups in total. The molecule has 1 aromatic heterocycles. The van der Waals surface area contributed by atoms with Gasteiger partial charge in [0.05, 0.1) is 6.42 Å². The second kappa shape index (κ2) is 23.7. The van der Waals surface area contributed by atoms with E-state index < -0.39 is 83.9 Å². The van der Waals surface area contributed by atoms with Crippen molar-refractivity contribution in [1.29, 1.82) is 0 Å². The molecule has 2 aromatic carbocycles. The summed E-state index contributed by atoms with van der Waals surface area (Å²) in [6, 6.07) is 9.44. The maximum absolute atomic E-state index is 14.3. The molecular weight excluding hydrogens is 801 g/mol. The maximum Gasteiger partial charge on any atom is 0.243 e. The highest BCUT2D eigenvalue weighted by Crippen LogP contribution is 2.20. The van der Waals surface area contributed by atoms with Gasteiger partial charge in [0, 0.05) is 55.4 Å². The van der Waals surface area contributed by atoms with Gasteiger partial charge in [-0.15, -0.1) is 0 Å². The van der Waals surface area contributed by atoms with Gasteiger partial charge < -0.3 is 59.8 Å². The van der Waals surface area contributed by atoms with E-state index in [-0.39, 0.29) is 69.9 Å². The summed E-state index contributed by atoms with van der Waals surface area (Å²) in [5.41, 5.74) is 24.3. The molecule has 20 heteroatoms. The molecule has 0 bridgehead atoms. The van der Waals surface area contributed by atoms with Crippen LogP contribution in [0.5, 0.6) is 0 Å². The molecule has 0 spiro atoms. The third-order valence-corrected chi connectivity index (χ3v) is 10.4. The molecule has 0 radical (unpaired) electrons. The van der Waals surface area contributed by atoms with Crippen molar-refractivity contribution < 1.29 is 38.4 Å². The second-order valence-corrected chi connectivity index (χ2v) is 15.4. The summed E-state index contributed by atoms with van der Waals surface area (Å²) >= 11 is 0. The van der Waals surface area contributed by atoms with E-state index in [0.717, 1.165) is 10.9 Å². The number of nitrogens with one attached hydrogen (secondary N) is 7. The molecule has 1 fully saturated rings. The summed E-state index contributed by atoms with van der Waals surface area (Å²) < 4.78 is 0. The van der Waals surface area contributed by atoms with Crippen LogP contribution in [0.3, 0.4) is 0 Å². The number of fused-ring (bicyclic) bond motifs is 1. The highest BCUT2D eigenvalue weighted by atomic mass is 16.2. The normalized spacial score (nSPS) is 23.0. The Bertz CT molecular complexity index is 2090. The minimum atomic E-state index is -1.49. The van der Waals surface area contributed by atoms with Gasteiger partial charge in [-0.25, -0.2) is 0 Å². The van der Waals surface area contributed by atoms with Crippen molar-refractivity contribution in [2.45, 2.75) is 101 Å². The number of carbonyl (C=O) groups excluding carboxylic acids is 8. The average Bonchev–Trinajstić information content (AvgIpc) is 3.64. The number of rotatable bonds is 11. The lowest BCUT2D eigenvalue weighted by molar-refractivity contribution is -0.136. The first-order chi connectivity index (χ1) is 29.6. The van der Waals surface area contributed by atoms with Crippen LogP contribution < -0.4 is 54.8 Å². The summed E-state index contributed by atoms with van der Waals surface area (Å²) in [6.07, 6.45) is 2.16. The van der Waals surface area contributed by atoms with Crippen molar-refractivity contribution in [3.8, 4) is 0 Å². The zero-order valence-electron chi connectivity index (χ0n) is 34.7. The summed E-state index contributed by atoms with van der Waals surface area (Å²) in [5, 5.41) is 16.9. The maximum atomic E-state index is 14.3. The molecule has 6 atom stereocenters. The van der Waals surface area contributed by atoms with E-state index in [9.17, 15) is 38.4 Å². The fraction of sp³-hybridized carbons (Fsp3) is 0.452. The summed E-state index contributed by atoms with van der Waals surface area (Å²) in [5.74, 6) is -6.83. The SMILES string of the molecule is C[C@H]1CCC(=O)NCCCC[C@@H](C(N)=O)NC(=O)[C@H](Cc2c[nH]c3ccccc23)NC(=O)[C@H](CCCN=C(N)N)NC(=O)[C@@H](Cc2ccccc2)NC(=O)[C@H](CC(N)=O)NC1=O. The predicted molar refractivity (Wildman–Crippen MR) is 230 cm³/mol. The van der Waals surface area contributed by atoms with Gasteiger partial charge >= 0.3 is 0 Å². The number of carbonyl (C=O) groups is 8. The molecule has 8 amide bonds. The topological polar surface area (TPSA) is 341 Å². The number of aromatic nitrogens is 1. The Balaban J connectivity index is 1.73. The molecular formula is C42H58N12O8. The Kier molecular flexibility index (Phi) is 18.2. The third-order valence-electron chi connectivity index (χ3n) is 10.4. The summed E-state index contributed by atoms with van der Waals surface area (Å²) in [6.45, 7) is 1.88. The quantitative estimate of drug-likeness (QED) is 0.0603. The predicted octanol–water partition coefficient (Wildman–Crippen LogP) is -1.49. The van der Waals surface area contributed by atoms with Gasteiger partial charge in [-0.3, -0.25) is 43.3 Å². The number of amides is 8. The van der Waals surface area contributed by atoms with Crippen LogP contribution in [0.1, 0.15) is 69.4 Å².